The fourth-order valence-electron chi connectivity index (χ4n) is 3.17. The van der Waals surface area contributed by atoms with E-state index in [0.29, 0.717) is 16.5 Å². The van der Waals surface area contributed by atoms with Crippen molar-refractivity contribution in [2.75, 3.05) is 7.11 Å². The number of methoxy groups -OCH3 is 1. The molecular weight excluding hydrogens is 279 g/mol. The summed E-state index contributed by atoms with van der Waals surface area (Å²) < 4.78 is 19.2. The molecule has 2 unspecified atom stereocenters. The maximum absolute atomic E-state index is 13.7. The number of aliphatic hydroxyl groups is 1. The molecule has 112 valence electrons. The van der Waals surface area contributed by atoms with E-state index in [1.54, 1.807) is 13.2 Å². The fraction of sp³-hybridized carbons (Fsp3) is 0.625. The maximum atomic E-state index is 13.7. The predicted molar refractivity (Wildman–Crippen MR) is 78.5 cm³/mol. The van der Waals surface area contributed by atoms with Crippen LogP contribution in [0.25, 0.3) is 0 Å². The molecule has 1 aromatic carbocycles. The highest BCUT2D eigenvalue weighted by Crippen LogP contribution is 2.30. The Hall–Kier alpha value is -0.640. The van der Waals surface area contributed by atoms with Crippen LogP contribution in [0.1, 0.15) is 37.7 Å². The quantitative estimate of drug-likeness (QED) is 0.891. The summed E-state index contributed by atoms with van der Waals surface area (Å²) in [7, 11) is 1.62. The molecule has 2 rings (SSSR count). The topological polar surface area (TPSA) is 29.5 Å². The Morgan fingerprint density at radius 2 is 2.05 bits per heavy atom. The van der Waals surface area contributed by atoms with Crippen molar-refractivity contribution in [1.29, 1.82) is 0 Å². The number of halogens is 2. The lowest BCUT2D eigenvalue weighted by Crippen LogP contribution is -2.37. The van der Waals surface area contributed by atoms with Crippen molar-refractivity contribution in [3.05, 3.63) is 34.6 Å². The van der Waals surface area contributed by atoms with Gasteiger partial charge in [0.15, 0.2) is 0 Å². The minimum absolute atomic E-state index is 0.228. The zero-order chi connectivity index (χ0) is 14.5. The van der Waals surface area contributed by atoms with E-state index in [9.17, 15) is 9.50 Å². The predicted octanol–water partition coefficient (Wildman–Crippen LogP) is 3.98. The number of benzene rings is 1. The number of rotatable bonds is 5. The zero-order valence-electron chi connectivity index (χ0n) is 11.8. The lowest BCUT2D eigenvalue weighted by molar-refractivity contribution is -0.0538. The van der Waals surface area contributed by atoms with Crippen molar-refractivity contribution in [2.24, 2.45) is 5.92 Å². The van der Waals surface area contributed by atoms with Crippen LogP contribution in [0.2, 0.25) is 5.02 Å². The fourth-order valence-corrected chi connectivity index (χ4v) is 3.36. The van der Waals surface area contributed by atoms with Gasteiger partial charge in [0.1, 0.15) is 5.82 Å². The second kappa shape index (κ2) is 7.39. The van der Waals surface area contributed by atoms with Gasteiger partial charge in [0.05, 0.1) is 12.2 Å². The summed E-state index contributed by atoms with van der Waals surface area (Å²) in [6.07, 6.45) is 5.09. The first-order valence-electron chi connectivity index (χ1n) is 7.26. The van der Waals surface area contributed by atoms with Gasteiger partial charge in [-0.05, 0) is 42.5 Å². The van der Waals surface area contributed by atoms with Gasteiger partial charge in [-0.15, -0.1) is 0 Å². The van der Waals surface area contributed by atoms with Crippen LogP contribution in [0.4, 0.5) is 4.39 Å². The van der Waals surface area contributed by atoms with Crippen LogP contribution in [-0.2, 0) is 11.2 Å². The molecule has 20 heavy (non-hydrogen) atoms. The van der Waals surface area contributed by atoms with Gasteiger partial charge < -0.3 is 9.84 Å². The lowest BCUT2D eigenvalue weighted by atomic mass is 9.82. The molecule has 1 saturated carbocycles. The van der Waals surface area contributed by atoms with Crippen molar-refractivity contribution < 1.29 is 14.2 Å². The third-order valence-electron chi connectivity index (χ3n) is 4.20. The first-order valence-corrected chi connectivity index (χ1v) is 7.64. The van der Waals surface area contributed by atoms with E-state index in [2.05, 4.69) is 0 Å². The number of aliphatic hydroxyl groups excluding tert-OH is 1. The van der Waals surface area contributed by atoms with Gasteiger partial charge in [-0.2, -0.15) is 0 Å². The van der Waals surface area contributed by atoms with Crippen LogP contribution in [0.3, 0.4) is 0 Å². The van der Waals surface area contributed by atoms with Gasteiger partial charge in [0, 0.05) is 18.6 Å². The molecule has 1 aromatic rings. The summed E-state index contributed by atoms with van der Waals surface area (Å²) in [5.41, 5.74) is 0.447. The Balaban J connectivity index is 2.04. The molecule has 0 bridgehead atoms. The highest BCUT2D eigenvalue weighted by molar-refractivity contribution is 6.30. The van der Waals surface area contributed by atoms with Crippen LogP contribution in [-0.4, -0.2) is 24.4 Å². The average molecular weight is 301 g/mol. The zero-order valence-corrected chi connectivity index (χ0v) is 12.6. The van der Waals surface area contributed by atoms with E-state index >= 15 is 0 Å². The molecule has 0 heterocycles. The highest BCUT2D eigenvalue weighted by Gasteiger charge is 2.30. The third-order valence-corrected chi connectivity index (χ3v) is 4.44. The number of ether oxygens (including phenoxy) is 1. The van der Waals surface area contributed by atoms with E-state index in [1.165, 1.54) is 31.4 Å². The minimum Gasteiger partial charge on any atom is -0.390 e. The van der Waals surface area contributed by atoms with Gasteiger partial charge in [0.25, 0.3) is 0 Å². The second-order valence-corrected chi connectivity index (χ2v) is 6.04. The summed E-state index contributed by atoms with van der Waals surface area (Å²) in [6, 6.07) is 4.43. The summed E-state index contributed by atoms with van der Waals surface area (Å²) in [5, 5.41) is 10.9. The van der Waals surface area contributed by atoms with Crippen LogP contribution >= 0.6 is 11.6 Å². The van der Waals surface area contributed by atoms with Crippen LogP contribution in [0, 0.1) is 11.7 Å². The second-order valence-electron chi connectivity index (χ2n) is 5.61. The molecule has 1 N–H and O–H groups in total. The van der Waals surface area contributed by atoms with Crippen molar-refractivity contribution in [1.82, 2.24) is 0 Å². The summed E-state index contributed by atoms with van der Waals surface area (Å²) in [6.45, 7) is 0. The monoisotopic (exact) mass is 300 g/mol. The van der Waals surface area contributed by atoms with Gasteiger partial charge in [-0.3, -0.25) is 0 Å². The molecule has 4 heteroatoms. The molecule has 0 saturated heterocycles. The van der Waals surface area contributed by atoms with Crippen molar-refractivity contribution in [3.8, 4) is 0 Å². The molecule has 0 amide bonds. The highest BCUT2D eigenvalue weighted by atomic mass is 35.5. The first kappa shape index (κ1) is 15.7. The van der Waals surface area contributed by atoms with Crippen molar-refractivity contribution in [2.45, 2.75) is 50.7 Å². The van der Waals surface area contributed by atoms with E-state index in [1.807, 2.05) is 0 Å². The molecule has 1 aliphatic carbocycles. The lowest BCUT2D eigenvalue weighted by Gasteiger charge is -2.32. The molecule has 0 aliphatic heterocycles. The van der Waals surface area contributed by atoms with Crippen LogP contribution in [0.5, 0.6) is 0 Å². The van der Waals surface area contributed by atoms with Crippen LogP contribution < -0.4 is 0 Å². The van der Waals surface area contributed by atoms with E-state index in [4.69, 9.17) is 16.3 Å². The molecule has 1 fully saturated rings. The Labute approximate surface area is 124 Å². The van der Waals surface area contributed by atoms with Gasteiger partial charge in [-0.1, -0.05) is 30.9 Å². The minimum atomic E-state index is -0.698. The molecule has 0 aromatic heterocycles. The molecule has 0 spiro atoms. The smallest absolute Gasteiger partial charge is 0.126 e. The normalized spacial score (nSPS) is 19.8. The molecular formula is C16H22ClFO2. The molecule has 0 radical (unpaired) electrons. The Morgan fingerprint density at radius 1 is 1.35 bits per heavy atom. The SMILES string of the molecule is COC(C(O)Cc1cc(Cl)ccc1F)C1CCCCC1. The standard InChI is InChI=1S/C16H22ClFO2/c1-20-16(11-5-3-2-4-6-11)15(19)10-12-9-13(17)7-8-14(12)18/h7-9,11,15-16,19H,2-6,10H2,1H3. The summed E-state index contributed by atoms with van der Waals surface area (Å²) in [4.78, 5) is 0. The van der Waals surface area contributed by atoms with Gasteiger partial charge in [0.2, 0.25) is 0 Å². The van der Waals surface area contributed by atoms with Crippen molar-refractivity contribution in [3.63, 3.8) is 0 Å². The Bertz CT molecular complexity index is 432. The third kappa shape index (κ3) is 3.94. The Kier molecular flexibility index (Phi) is 5.82. The summed E-state index contributed by atoms with van der Waals surface area (Å²) >= 11 is 5.88. The summed E-state index contributed by atoms with van der Waals surface area (Å²) in [5.74, 6) is 0.0398. The van der Waals surface area contributed by atoms with Gasteiger partial charge >= 0.3 is 0 Å². The molecule has 2 atom stereocenters. The maximum Gasteiger partial charge on any atom is 0.126 e. The molecule has 1 aliphatic rings. The Morgan fingerprint density at radius 3 is 2.70 bits per heavy atom. The largest absolute Gasteiger partial charge is 0.390 e. The van der Waals surface area contributed by atoms with E-state index in [0.717, 1.165) is 12.8 Å². The number of hydrogen-bond donors (Lipinski definition) is 1. The van der Waals surface area contributed by atoms with Gasteiger partial charge in [-0.25, -0.2) is 4.39 Å². The first-order chi connectivity index (χ1) is 9.61. The van der Waals surface area contributed by atoms with E-state index < -0.39 is 6.10 Å². The van der Waals surface area contributed by atoms with Crippen molar-refractivity contribution >= 4 is 11.6 Å². The average Bonchev–Trinajstić information content (AvgIpc) is 2.45. The van der Waals surface area contributed by atoms with E-state index in [-0.39, 0.29) is 18.3 Å². The number of hydrogen-bond acceptors (Lipinski definition) is 2. The van der Waals surface area contributed by atoms with Crippen LogP contribution in [0.15, 0.2) is 18.2 Å². The molecule has 2 nitrogen and oxygen atoms in total.